The zero-order valence-corrected chi connectivity index (χ0v) is 21.0. The van der Waals surface area contributed by atoms with Crippen LogP contribution >= 0.6 is 22.7 Å². The van der Waals surface area contributed by atoms with Gasteiger partial charge in [0.1, 0.15) is 0 Å². The molecule has 2 aliphatic rings. The summed E-state index contributed by atoms with van der Waals surface area (Å²) in [7, 11) is 0. The Balaban J connectivity index is 1.13. The lowest BCUT2D eigenvalue weighted by Crippen LogP contribution is -2.39. The van der Waals surface area contributed by atoms with Crippen LogP contribution in [-0.4, -0.2) is 59.2 Å². The van der Waals surface area contributed by atoms with Crippen molar-refractivity contribution in [3.63, 3.8) is 0 Å². The third-order valence-corrected chi connectivity index (χ3v) is 8.40. The van der Waals surface area contributed by atoms with Gasteiger partial charge < -0.3 is 15.0 Å². The number of halogens is 3. The van der Waals surface area contributed by atoms with E-state index in [9.17, 15) is 18.0 Å². The van der Waals surface area contributed by atoms with Gasteiger partial charge in [0.25, 0.3) is 5.19 Å². The molecule has 1 aliphatic heterocycles. The fourth-order valence-electron chi connectivity index (χ4n) is 4.71. The summed E-state index contributed by atoms with van der Waals surface area (Å²) in [6.45, 7) is 3.45. The molecule has 0 radical (unpaired) electrons. The average molecular weight is 517 g/mol. The van der Waals surface area contributed by atoms with Crippen LogP contribution in [0.2, 0.25) is 0 Å². The monoisotopic (exact) mass is 516 g/mol. The third kappa shape index (κ3) is 7.64. The highest BCUT2D eigenvalue weighted by molar-refractivity contribution is 7.13. The summed E-state index contributed by atoms with van der Waals surface area (Å²) in [5.41, 5.74) is 1.73. The van der Waals surface area contributed by atoms with Gasteiger partial charge in [-0.1, -0.05) is 11.3 Å². The van der Waals surface area contributed by atoms with Crippen LogP contribution in [-0.2, 0) is 24.1 Å². The van der Waals surface area contributed by atoms with Gasteiger partial charge in [-0.15, -0.1) is 11.3 Å². The predicted octanol–water partition coefficient (Wildman–Crippen LogP) is 4.56. The molecule has 0 saturated heterocycles. The molecule has 0 bridgehead atoms. The minimum absolute atomic E-state index is 0.0614. The van der Waals surface area contributed by atoms with Gasteiger partial charge in [0.05, 0.1) is 22.8 Å². The molecule has 0 unspecified atom stereocenters. The molecule has 1 amide bonds. The van der Waals surface area contributed by atoms with Crippen LogP contribution in [0.4, 0.5) is 13.2 Å². The van der Waals surface area contributed by atoms with E-state index in [1.165, 1.54) is 11.3 Å². The molecule has 0 spiro atoms. The van der Waals surface area contributed by atoms with Crippen LogP contribution in [0.3, 0.4) is 0 Å². The molecule has 3 heterocycles. The SMILES string of the molecule is Cc1nc(CC(=O)NC2CCC(CCN3CCc4nc(OCC(F)(F)F)sc4CC3)CC2)cs1. The maximum absolute atomic E-state index is 12.4. The highest BCUT2D eigenvalue weighted by atomic mass is 32.1. The number of amides is 1. The molecule has 2 aromatic heterocycles. The predicted molar refractivity (Wildman–Crippen MR) is 127 cm³/mol. The number of thiazole rings is 2. The minimum atomic E-state index is -4.34. The highest BCUT2D eigenvalue weighted by Gasteiger charge is 2.30. The van der Waals surface area contributed by atoms with Crippen LogP contribution in [0.1, 0.15) is 53.4 Å². The second kappa shape index (κ2) is 11.3. The van der Waals surface area contributed by atoms with E-state index in [1.807, 2.05) is 12.3 Å². The number of nitrogens with one attached hydrogen (secondary N) is 1. The van der Waals surface area contributed by atoms with E-state index in [-0.39, 0.29) is 17.1 Å². The van der Waals surface area contributed by atoms with Gasteiger partial charge in [0.15, 0.2) is 6.61 Å². The van der Waals surface area contributed by atoms with E-state index in [1.54, 1.807) is 11.3 Å². The van der Waals surface area contributed by atoms with Crippen molar-refractivity contribution in [3.05, 3.63) is 26.7 Å². The first kappa shape index (κ1) is 25.4. The van der Waals surface area contributed by atoms with Crippen molar-refractivity contribution in [3.8, 4) is 5.19 Å². The summed E-state index contributed by atoms with van der Waals surface area (Å²) in [6, 6.07) is 0.262. The molecule has 1 fully saturated rings. The number of alkyl halides is 3. The van der Waals surface area contributed by atoms with Crippen molar-refractivity contribution in [1.82, 2.24) is 20.2 Å². The fourth-order valence-corrected chi connectivity index (χ4v) is 6.26. The van der Waals surface area contributed by atoms with Crippen molar-refractivity contribution in [2.24, 2.45) is 5.92 Å². The first-order valence-electron chi connectivity index (χ1n) is 11.8. The Kier molecular flexibility index (Phi) is 8.47. The first-order chi connectivity index (χ1) is 16.2. The maximum Gasteiger partial charge on any atom is 0.422 e. The molecular weight excluding hydrogens is 485 g/mol. The van der Waals surface area contributed by atoms with E-state index < -0.39 is 12.8 Å². The topological polar surface area (TPSA) is 67.4 Å². The molecule has 2 aromatic rings. The number of carbonyl (C=O) groups is 1. The second-order valence-electron chi connectivity index (χ2n) is 9.20. The Morgan fingerprint density at radius 3 is 2.68 bits per heavy atom. The van der Waals surface area contributed by atoms with Gasteiger partial charge in [0, 0.05) is 35.8 Å². The number of fused-ring (bicyclic) bond motifs is 1. The molecule has 6 nitrogen and oxygen atoms in total. The average Bonchev–Trinajstić information content (AvgIpc) is 3.32. The summed E-state index contributed by atoms with van der Waals surface area (Å²) < 4.78 is 41.9. The third-order valence-electron chi connectivity index (χ3n) is 6.51. The van der Waals surface area contributed by atoms with E-state index >= 15 is 0 Å². The number of ether oxygens (including phenoxy) is 1. The Morgan fingerprint density at radius 1 is 1.21 bits per heavy atom. The minimum Gasteiger partial charge on any atom is -0.460 e. The number of rotatable bonds is 8. The summed E-state index contributed by atoms with van der Waals surface area (Å²) >= 11 is 2.82. The van der Waals surface area contributed by atoms with Crippen LogP contribution < -0.4 is 10.1 Å². The molecule has 1 aliphatic carbocycles. The Labute approximate surface area is 205 Å². The number of hydrogen-bond donors (Lipinski definition) is 1. The van der Waals surface area contributed by atoms with Gasteiger partial charge in [-0.25, -0.2) is 9.97 Å². The van der Waals surface area contributed by atoms with E-state index in [0.29, 0.717) is 12.3 Å². The van der Waals surface area contributed by atoms with Crippen molar-refractivity contribution in [1.29, 1.82) is 0 Å². The van der Waals surface area contributed by atoms with Crippen molar-refractivity contribution >= 4 is 28.6 Å². The standard InChI is InChI=1S/C23H31F3N4O2S2/c1-15-27-18(13-33-15)12-21(31)28-17-4-2-16(3-5-17)6-9-30-10-7-19-20(8-11-30)34-22(29-19)32-14-23(24,25)26/h13,16-17H,2-12,14H2,1H3,(H,28,31). The van der Waals surface area contributed by atoms with Gasteiger partial charge in [-0.3, -0.25) is 4.79 Å². The zero-order chi connectivity index (χ0) is 24.1. The summed E-state index contributed by atoms with van der Waals surface area (Å²) in [4.78, 5) is 24.4. The van der Waals surface area contributed by atoms with Crippen LogP contribution in [0.25, 0.3) is 0 Å². The molecule has 0 atom stereocenters. The van der Waals surface area contributed by atoms with Gasteiger partial charge >= 0.3 is 6.18 Å². The number of hydrogen-bond acceptors (Lipinski definition) is 7. The number of aromatic nitrogens is 2. The smallest absolute Gasteiger partial charge is 0.422 e. The Bertz CT molecular complexity index is 929. The largest absolute Gasteiger partial charge is 0.460 e. The molecule has 34 heavy (non-hydrogen) atoms. The fraction of sp³-hybridized carbons (Fsp3) is 0.696. The maximum atomic E-state index is 12.4. The molecule has 4 rings (SSSR count). The first-order valence-corrected chi connectivity index (χ1v) is 13.5. The Hall–Kier alpha value is -1.72. The molecule has 1 N–H and O–H groups in total. The highest BCUT2D eigenvalue weighted by Crippen LogP contribution is 2.31. The molecule has 0 aromatic carbocycles. The molecular formula is C23H31F3N4O2S2. The molecule has 188 valence electrons. The zero-order valence-electron chi connectivity index (χ0n) is 19.3. The van der Waals surface area contributed by atoms with Gasteiger partial charge in [-0.2, -0.15) is 13.2 Å². The lowest BCUT2D eigenvalue weighted by Gasteiger charge is -2.30. The second-order valence-corrected chi connectivity index (χ2v) is 11.3. The molecule has 1 saturated carbocycles. The van der Waals surface area contributed by atoms with Gasteiger partial charge in [-0.05, 0) is 57.9 Å². The van der Waals surface area contributed by atoms with Crippen molar-refractivity contribution in [2.75, 3.05) is 26.2 Å². The number of aryl methyl sites for hydroxylation is 1. The van der Waals surface area contributed by atoms with Gasteiger partial charge in [0.2, 0.25) is 5.91 Å². The lowest BCUT2D eigenvalue weighted by atomic mass is 9.84. The van der Waals surface area contributed by atoms with E-state index in [0.717, 1.165) is 85.9 Å². The Morgan fingerprint density at radius 2 is 1.97 bits per heavy atom. The van der Waals surface area contributed by atoms with E-state index in [4.69, 9.17) is 4.74 Å². The normalized spacial score (nSPS) is 21.6. The van der Waals surface area contributed by atoms with Crippen LogP contribution in [0, 0.1) is 12.8 Å². The van der Waals surface area contributed by atoms with Crippen molar-refractivity contribution in [2.45, 2.75) is 70.5 Å². The van der Waals surface area contributed by atoms with E-state index in [2.05, 4.69) is 20.2 Å². The summed E-state index contributed by atoms with van der Waals surface area (Å²) in [5.74, 6) is 0.735. The quantitative estimate of drug-likeness (QED) is 0.557. The summed E-state index contributed by atoms with van der Waals surface area (Å²) in [5, 5.41) is 6.24. The van der Waals surface area contributed by atoms with Crippen LogP contribution in [0.15, 0.2) is 5.38 Å². The lowest BCUT2D eigenvalue weighted by molar-refractivity contribution is -0.153. The van der Waals surface area contributed by atoms with Crippen molar-refractivity contribution < 1.29 is 22.7 Å². The molecule has 11 heteroatoms. The van der Waals surface area contributed by atoms with Crippen LogP contribution in [0.5, 0.6) is 5.19 Å². The summed E-state index contributed by atoms with van der Waals surface area (Å²) in [6.07, 6.45) is 3.01. The number of nitrogens with zero attached hydrogens (tertiary/aromatic N) is 3. The number of carbonyl (C=O) groups excluding carboxylic acids is 1.